The maximum Gasteiger partial charge on any atom is 0.00955 e. The molecule has 1 N–H and O–H groups in total. The molecule has 0 aliphatic heterocycles. The van der Waals surface area contributed by atoms with Crippen molar-refractivity contribution in [2.24, 2.45) is 11.8 Å². The van der Waals surface area contributed by atoms with Gasteiger partial charge in [-0.05, 0) is 62.6 Å². The van der Waals surface area contributed by atoms with E-state index in [-0.39, 0.29) is 0 Å². The van der Waals surface area contributed by atoms with E-state index in [4.69, 9.17) is 0 Å². The average Bonchev–Trinajstić information content (AvgIpc) is 2.96. The summed E-state index contributed by atoms with van der Waals surface area (Å²) in [5, 5.41) is 3.72. The maximum absolute atomic E-state index is 3.72. The highest BCUT2D eigenvalue weighted by Crippen LogP contribution is 2.35. The fraction of sp³-hybridized carbons (Fsp3) is 0.750. The zero-order valence-electron chi connectivity index (χ0n) is 12.0. The van der Waals surface area contributed by atoms with Crippen molar-refractivity contribution in [3.8, 4) is 0 Å². The maximum atomic E-state index is 3.72. The molecule has 1 nitrogen and oxygen atoms in total. The van der Waals surface area contributed by atoms with E-state index in [0.717, 1.165) is 17.9 Å². The third kappa shape index (κ3) is 3.36. The lowest BCUT2D eigenvalue weighted by Crippen LogP contribution is -2.33. The first-order chi connectivity index (χ1) is 8.74. The third-order valence-corrected chi connectivity index (χ3v) is 5.66. The first-order valence-electron chi connectivity index (χ1n) is 7.55. The second kappa shape index (κ2) is 6.72. The molecule has 3 unspecified atom stereocenters. The average molecular weight is 265 g/mol. The summed E-state index contributed by atoms with van der Waals surface area (Å²) < 4.78 is 0. The molecule has 1 saturated carbocycles. The Morgan fingerprint density at radius 3 is 2.67 bits per heavy atom. The minimum Gasteiger partial charge on any atom is -0.314 e. The van der Waals surface area contributed by atoms with Gasteiger partial charge in [-0.1, -0.05) is 20.8 Å². The first-order valence-corrected chi connectivity index (χ1v) is 8.37. The molecule has 3 atom stereocenters. The standard InChI is InChI=1S/C16H27NS/c1-4-10-17-16-9-6-13(12(16)3)11-15-8-7-14(5-2)18-15/h7-8,12-13,16-17H,4-6,9-11H2,1-3H3. The zero-order chi connectivity index (χ0) is 13.0. The number of rotatable bonds is 6. The van der Waals surface area contributed by atoms with E-state index >= 15 is 0 Å². The Bertz CT molecular complexity index is 358. The second-order valence-corrected chi connectivity index (χ2v) is 6.94. The Labute approximate surface area is 116 Å². The summed E-state index contributed by atoms with van der Waals surface area (Å²) in [5.74, 6) is 1.73. The molecule has 0 spiro atoms. The van der Waals surface area contributed by atoms with Gasteiger partial charge in [0.2, 0.25) is 0 Å². The molecular weight excluding hydrogens is 238 g/mol. The van der Waals surface area contributed by atoms with Gasteiger partial charge in [0.25, 0.3) is 0 Å². The van der Waals surface area contributed by atoms with E-state index in [9.17, 15) is 0 Å². The van der Waals surface area contributed by atoms with E-state index in [2.05, 4.69) is 38.2 Å². The number of hydrogen-bond acceptors (Lipinski definition) is 2. The summed E-state index contributed by atoms with van der Waals surface area (Å²) in [6, 6.07) is 5.43. The molecular formula is C16H27NS. The highest BCUT2D eigenvalue weighted by Gasteiger charge is 2.32. The predicted octanol–water partition coefficient (Wildman–Crippen LogP) is 4.27. The van der Waals surface area contributed by atoms with Gasteiger partial charge in [-0.2, -0.15) is 0 Å². The number of nitrogens with one attached hydrogen (secondary N) is 1. The summed E-state index contributed by atoms with van der Waals surface area (Å²) in [5.41, 5.74) is 0. The van der Waals surface area contributed by atoms with Crippen LogP contribution in [0.25, 0.3) is 0 Å². The molecule has 0 amide bonds. The third-order valence-electron chi connectivity index (χ3n) is 4.41. The quantitative estimate of drug-likeness (QED) is 0.810. The van der Waals surface area contributed by atoms with E-state index in [0.29, 0.717) is 0 Å². The summed E-state index contributed by atoms with van der Waals surface area (Å²) in [6.07, 6.45) is 6.51. The van der Waals surface area contributed by atoms with Gasteiger partial charge in [0.05, 0.1) is 0 Å². The molecule has 102 valence electrons. The van der Waals surface area contributed by atoms with Crippen molar-refractivity contribution < 1.29 is 0 Å². The molecule has 1 heterocycles. The van der Waals surface area contributed by atoms with Crippen LogP contribution in [-0.4, -0.2) is 12.6 Å². The monoisotopic (exact) mass is 265 g/mol. The fourth-order valence-corrected chi connectivity index (χ4v) is 4.18. The van der Waals surface area contributed by atoms with Crippen molar-refractivity contribution in [1.82, 2.24) is 5.32 Å². The minimum absolute atomic E-state index is 0.764. The van der Waals surface area contributed by atoms with Gasteiger partial charge < -0.3 is 5.32 Å². The van der Waals surface area contributed by atoms with Gasteiger partial charge in [0, 0.05) is 15.8 Å². The van der Waals surface area contributed by atoms with Crippen LogP contribution in [0, 0.1) is 11.8 Å². The summed E-state index contributed by atoms with van der Waals surface area (Å²) in [6.45, 7) is 8.13. The minimum atomic E-state index is 0.764. The van der Waals surface area contributed by atoms with Gasteiger partial charge in [-0.15, -0.1) is 11.3 Å². The van der Waals surface area contributed by atoms with E-state index in [1.54, 1.807) is 4.88 Å². The Hall–Kier alpha value is -0.340. The summed E-state index contributed by atoms with van der Waals surface area (Å²) in [4.78, 5) is 3.14. The van der Waals surface area contributed by atoms with E-state index < -0.39 is 0 Å². The molecule has 2 rings (SSSR count). The molecule has 0 saturated heterocycles. The molecule has 1 aliphatic carbocycles. The Kier molecular flexibility index (Phi) is 5.25. The first kappa shape index (κ1) is 14.1. The molecule has 1 aromatic rings. The highest BCUT2D eigenvalue weighted by atomic mass is 32.1. The van der Waals surface area contributed by atoms with Crippen LogP contribution in [0.3, 0.4) is 0 Å². The number of thiophene rings is 1. The van der Waals surface area contributed by atoms with Gasteiger partial charge >= 0.3 is 0 Å². The van der Waals surface area contributed by atoms with Crippen LogP contribution in [-0.2, 0) is 12.8 Å². The normalized spacial score (nSPS) is 27.8. The van der Waals surface area contributed by atoms with Gasteiger partial charge in [0.1, 0.15) is 0 Å². The van der Waals surface area contributed by atoms with E-state index in [1.165, 1.54) is 43.5 Å². The molecule has 0 bridgehead atoms. The van der Waals surface area contributed by atoms with Crippen LogP contribution in [0.1, 0.15) is 49.8 Å². The van der Waals surface area contributed by atoms with Crippen LogP contribution < -0.4 is 5.32 Å². The summed E-state index contributed by atoms with van der Waals surface area (Å²) >= 11 is 2.02. The van der Waals surface area contributed by atoms with Crippen LogP contribution in [0.2, 0.25) is 0 Å². The molecule has 0 aromatic carbocycles. The van der Waals surface area contributed by atoms with E-state index in [1.807, 2.05) is 11.3 Å². The van der Waals surface area contributed by atoms with Crippen molar-refractivity contribution in [3.05, 3.63) is 21.9 Å². The molecule has 18 heavy (non-hydrogen) atoms. The van der Waals surface area contributed by atoms with Crippen molar-refractivity contribution in [2.75, 3.05) is 6.54 Å². The van der Waals surface area contributed by atoms with Gasteiger partial charge in [0.15, 0.2) is 0 Å². The fourth-order valence-electron chi connectivity index (χ4n) is 3.13. The van der Waals surface area contributed by atoms with Crippen molar-refractivity contribution in [1.29, 1.82) is 0 Å². The molecule has 1 aliphatic rings. The van der Waals surface area contributed by atoms with Crippen LogP contribution in [0.5, 0.6) is 0 Å². The number of hydrogen-bond donors (Lipinski definition) is 1. The lowest BCUT2D eigenvalue weighted by molar-refractivity contribution is 0.352. The van der Waals surface area contributed by atoms with Crippen molar-refractivity contribution in [3.63, 3.8) is 0 Å². The SMILES string of the molecule is CCCNC1CCC(Cc2ccc(CC)s2)C1C. The molecule has 1 fully saturated rings. The topological polar surface area (TPSA) is 12.0 Å². The lowest BCUT2D eigenvalue weighted by atomic mass is 9.92. The van der Waals surface area contributed by atoms with Crippen molar-refractivity contribution >= 4 is 11.3 Å². The van der Waals surface area contributed by atoms with Crippen molar-refractivity contribution in [2.45, 2.75) is 58.9 Å². The summed E-state index contributed by atoms with van der Waals surface area (Å²) in [7, 11) is 0. The van der Waals surface area contributed by atoms with Crippen LogP contribution in [0.15, 0.2) is 12.1 Å². The van der Waals surface area contributed by atoms with Gasteiger partial charge in [-0.3, -0.25) is 0 Å². The lowest BCUT2D eigenvalue weighted by Gasteiger charge is -2.21. The molecule has 0 radical (unpaired) electrons. The Morgan fingerprint density at radius 1 is 1.22 bits per heavy atom. The van der Waals surface area contributed by atoms with Crippen LogP contribution in [0.4, 0.5) is 0 Å². The highest BCUT2D eigenvalue weighted by molar-refractivity contribution is 7.11. The van der Waals surface area contributed by atoms with Crippen LogP contribution >= 0.6 is 11.3 Å². The Morgan fingerprint density at radius 2 is 2.00 bits per heavy atom. The number of aryl methyl sites for hydroxylation is 1. The molecule has 1 aromatic heterocycles. The Balaban J connectivity index is 1.87. The smallest absolute Gasteiger partial charge is 0.00955 e. The zero-order valence-corrected chi connectivity index (χ0v) is 12.9. The largest absolute Gasteiger partial charge is 0.314 e. The van der Waals surface area contributed by atoms with Gasteiger partial charge in [-0.25, -0.2) is 0 Å². The second-order valence-electron chi connectivity index (χ2n) is 5.68. The molecule has 2 heteroatoms. The predicted molar refractivity (Wildman–Crippen MR) is 81.4 cm³/mol.